The zero-order valence-corrected chi connectivity index (χ0v) is 13.0. The Bertz CT molecular complexity index is 464. The number of hydrogen-bond acceptors (Lipinski definition) is 2. The third-order valence-electron chi connectivity index (χ3n) is 3.99. The van der Waals surface area contributed by atoms with Gasteiger partial charge in [0.25, 0.3) is 0 Å². The van der Waals surface area contributed by atoms with Crippen molar-refractivity contribution >= 4 is 17.5 Å². The van der Waals surface area contributed by atoms with E-state index >= 15 is 0 Å². The maximum absolute atomic E-state index is 12.6. The van der Waals surface area contributed by atoms with Gasteiger partial charge < -0.3 is 10.2 Å². The lowest BCUT2D eigenvalue weighted by Crippen LogP contribution is -2.43. The van der Waals surface area contributed by atoms with Crippen molar-refractivity contribution in [1.82, 2.24) is 10.2 Å². The third kappa shape index (κ3) is 3.74. The molecular weight excluding hydrogens is 272 g/mol. The van der Waals surface area contributed by atoms with Gasteiger partial charge >= 0.3 is 0 Å². The summed E-state index contributed by atoms with van der Waals surface area (Å²) in [6.07, 6.45) is 1.86. The Labute approximate surface area is 126 Å². The van der Waals surface area contributed by atoms with E-state index in [0.717, 1.165) is 36.5 Å². The Balaban J connectivity index is 2.04. The zero-order valence-electron chi connectivity index (χ0n) is 12.2. The molecule has 2 atom stereocenters. The van der Waals surface area contributed by atoms with Crippen LogP contribution < -0.4 is 5.32 Å². The molecule has 1 N–H and O–H groups in total. The maximum Gasteiger partial charge on any atom is 0.226 e. The second-order valence-corrected chi connectivity index (χ2v) is 5.93. The van der Waals surface area contributed by atoms with Crippen LogP contribution in [0.5, 0.6) is 0 Å². The molecule has 0 aliphatic carbocycles. The van der Waals surface area contributed by atoms with E-state index in [4.69, 9.17) is 11.6 Å². The molecule has 1 fully saturated rings. The van der Waals surface area contributed by atoms with Gasteiger partial charge in [0.1, 0.15) is 0 Å². The number of amides is 1. The monoisotopic (exact) mass is 294 g/mol. The quantitative estimate of drug-likeness (QED) is 0.925. The molecule has 0 spiro atoms. The Morgan fingerprint density at radius 1 is 1.45 bits per heavy atom. The minimum absolute atomic E-state index is 0.147. The van der Waals surface area contributed by atoms with Crippen LogP contribution in [0.15, 0.2) is 24.3 Å². The minimum atomic E-state index is 0.147. The summed E-state index contributed by atoms with van der Waals surface area (Å²) in [6.45, 7) is 6.43. The smallest absolute Gasteiger partial charge is 0.226 e. The molecule has 1 aromatic rings. The number of hydrogen-bond donors (Lipinski definition) is 1. The molecule has 0 bridgehead atoms. The molecule has 2 rings (SSSR count). The first kappa shape index (κ1) is 15.3. The van der Waals surface area contributed by atoms with Crippen molar-refractivity contribution in [3.8, 4) is 0 Å². The first-order valence-electron chi connectivity index (χ1n) is 7.37. The van der Waals surface area contributed by atoms with Crippen molar-refractivity contribution in [1.29, 1.82) is 0 Å². The van der Waals surface area contributed by atoms with Gasteiger partial charge in [-0.1, -0.05) is 29.8 Å². The average molecular weight is 295 g/mol. The molecule has 1 heterocycles. The van der Waals surface area contributed by atoms with E-state index in [9.17, 15) is 4.79 Å². The summed E-state index contributed by atoms with van der Waals surface area (Å²) in [4.78, 5) is 14.6. The molecule has 3 nitrogen and oxygen atoms in total. The van der Waals surface area contributed by atoms with Gasteiger partial charge in [0.05, 0.1) is 0 Å². The van der Waals surface area contributed by atoms with E-state index in [-0.39, 0.29) is 11.8 Å². The van der Waals surface area contributed by atoms with Crippen LogP contribution in [0, 0.1) is 5.92 Å². The number of piperidine rings is 1. The third-order valence-corrected chi connectivity index (χ3v) is 4.35. The second-order valence-electron chi connectivity index (χ2n) is 5.52. The molecular formula is C16H23ClN2O. The number of halogens is 1. The number of carbonyl (C=O) groups is 1. The molecule has 1 aromatic carbocycles. The van der Waals surface area contributed by atoms with Crippen molar-refractivity contribution < 1.29 is 4.79 Å². The van der Waals surface area contributed by atoms with Crippen molar-refractivity contribution in [3.05, 3.63) is 34.9 Å². The summed E-state index contributed by atoms with van der Waals surface area (Å²) in [5, 5.41) is 4.12. The maximum atomic E-state index is 12.6. The Morgan fingerprint density at radius 3 is 2.85 bits per heavy atom. The summed E-state index contributed by atoms with van der Waals surface area (Å²) in [7, 11) is 0. The first-order chi connectivity index (χ1) is 9.61. The van der Waals surface area contributed by atoms with Gasteiger partial charge in [0, 0.05) is 30.1 Å². The summed E-state index contributed by atoms with van der Waals surface area (Å²) in [5.41, 5.74) is 1.02. The summed E-state index contributed by atoms with van der Waals surface area (Å²) in [5.74, 6) is 0.412. The summed E-state index contributed by atoms with van der Waals surface area (Å²) >= 11 is 6.19. The van der Waals surface area contributed by atoms with E-state index < -0.39 is 0 Å². The van der Waals surface area contributed by atoms with Gasteiger partial charge in [-0.05, 0) is 44.9 Å². The molecule has 110 valence electrons. The molecule has 0 radical (unpaired) electrons. The molecule has 4 heteroatoms. The zero-order chi connectivity index (χ0) is 14.5. The topological polar surface area (TPSA) is 32.3 Å². The molecule has 1 saturated heterocycles. The standard InChI is InChI=1S/C16H23ClN2O/c1-3-19(11-14-6-4-5-7-15(14)17)16(20)13-8-9-18-12(2)10-13/h4-7,12-13,18H,3,8-11H2,1-2H3. The largest absolute Gasteiger partial charge is 0.338 e. The van der Waals surface area contributed by atoms with E-state index in [2.05, 4.69) is 12.2 Å². The van der Waals surface area contributed by atoms with E-state index in [1.807, 2.05) is 36.1 Å². The molecule has 2 unspecified atom stereocenters. The SMILES string of the molecule is CCN(Cc1ccccc1Cl)C(=O)C1CCNC(C)C1. The van der Waals surface area contributed by atoms with Crippen LogP contribution in [0.2, 0.25) is 5.02 Å². The highest BCUT2D eigenvalue weighted by Crippen LogP contribution is 2.22. The van der Waals surface area contributed by atoms with Gasteiger partial charge in [-0.3, -0.25) is 4.79 Å². The lowest BCUT2D eigenvalue weighted by Gasteiger charge is -2.32. The van der Waals surface area contributed by atoms with Crippen LogP contribution in [-0.4, -0.2) is 29.9 Å². The number of nitrogens with zero attached hydrogens (tertiary/aromatic N) is 1. The van der Waals surface area contributed by atoms with Gasteiger partial charge in [-0.2, -0.15) is 0 Å². The molecule has 0 aromatic heterocycles. The van der Waals surface area contributed by atoms with Crippen molar-refractivity contribution in [2.45, 2.75) is 39.3 Å². The Kier molecular flexibility index (Phi) is 5.44. The summed E-state index contributed by atoms with van der Waals surface area (Å²) in [6, 6.07) is 8.17. The van der Waals surface area contributed by atoms with Crippen LogP contribution >= 0.6 is 11.6 Å². The molecule has 0 saturated carbocycles. The van der Waals surface area contributed by atoms with Crippen molar-refractivity contribution in [2.75, 3.05) is 13.1 Å². The van der Waals surface area contributed by atoms with E-state index in [1.165, 1.54) is 0 Å². The molecule has 1 aliphatic heterocycles. The minimum Gasteiger partial charge on any atom is -0.338 e. The fourth-order valence-electron chi connectivity index (χ4n) is 2.79. The van der Waals surface area contributed by atoms with E-state index in [0.29, 0.717) is 12.6 Å². The number of benzene rings is 1. The highest BCUT2D eigenvalue weighted by atomic mass is 35.5. The Hall–Kier alpha value is -1.06. The van der Waals surface area contributed by atoms with Crippen LogP contribution in [0.3, 0.4) is 0 Å². The van der Waals surface area contributed by atoms with Crippen molar-refractivity contribution in [2.24, 2.45) is 5.92 Å². The van der Waals surface area contributed by atoms with Crippen LogP contribution in [-0.2, 0) is 11.3 Å². The van der Waals surface area contributed by atoms with Crippen LogP contribution in [0.4, 0.5) is 0 Å². The fourth-order valence-corrected chi connectivity index (χ4v) is 2.99. The number of rotatable bonds is 4. The van der Waals surface area contributed by atoms with Gasteiger partial charge in [-0.15, -0.1) is 0 Å². The lowest BCUT2D eigenvalue weighted by molar-refractivity contribution is -0.137. The summed E-state index contributed by atoms with van der Waals surface area (Å²) < 4.78 is 0. The fraction of sp³-hybridized carbons (Fsp3) is 0.562. The number of carbonyl (C=O) groups excluding carboxylic acids is 1. The van der Waals surface area contributed by atoms with Crippen LogP contribution in [0.1, 0.15) is 32.3 Å². The normalized spacial score (nSPS) is 22.6. The first-order valence-corrected chi connectivity index (χ1v) is 7.75. The molecule has 1 aliphatic rings. The highest BCUT2D eigenvalue weighted by molar-refractivity contribution is 6.31. The Morgan fingerprint density at radius 2 is 2.20 bits per heavy atom. The highest BCUT2D eigenvalue weighted by Gasteiger charge is 2.28. The van der Waals surface area contributed by atoms with Gasteiger partial charge in [0.2, 0.25) is 5.91 Å². The second kappa shape index (κ2) is 7.09. The predicted molar refractivity (Wildman–Crippen MR) is 82.7 cm³/mol. The predicted octanol–water partition coefficient (Wildman–Crippen LogP) is 3.08. The molecule has 20 heavy (non-hydrogen) atoms. The number of nitrogens with one attached hydrogen (secondary N) is 1. The van der Waals surface area contributed by atoms with Gasteiger partial charge in [-0.25, -0.2) is 0 Å². The van der Waals surface area contributed by atoms with E-state index in [1.54, 1.807) is 0 Å². The average Bonchev–Trinajstić information content (AvgIpc) is 2.46. The lowest BCUT2D eigenvalue weighted by atomic mass is 9.92. The van der Waals surface area contributed by atoms with Crippen molar-refractivity contribution in [3.63, 3.8) is 0 Å². The van der Waals surface area contributed by atoms with Gasteiger partial charge in [0.15, 0.2) is 0 Å². The van der Waals surface area contributed by atoms with Crippen LogP contribution in [0.25, 0.3) is 0 Å². The molecule has 1 amide bonds.